The Kier molecular flexibility index (Phi) is 5.16. The lowest BCUT2D eigenvalue weighted by Gasteiger charge is -2.31. The first-order valence-corrected chi connectivity index (χ1v) is 8.95. The van der Waals surface area contributed by atoms with E-state index in [-0.39, 0.29) is 12.0 Å². The molecule has 5 heteroatoms. The zero-order valence-corrected chi connectivity index (χ0v) is 15.9. The molecule has 0 aliphatic carbocycles. The van der Waals surface area contributed by atoms with Crippen molar-refractivity contribution < 1.29 is 14.3 Å². The molecule has 1 aromatic heterocycles. The number of para-hydroxylation sites is 1. The van der Waals surface area contributed by atoms with Gasteiger partial charge in [-0.1, -0.05) is 24.3 Å². The molecule has 0 fully saturated rings. The number of hydrogen-bond acceptors (Lipinski definition) is 4. The fraction of sp³-hybridized carbons (Fsp3) is 0.429. The molecule has 1 amide bonds. The van der Waals surface area contributed by atoms with Crippen LogP contribution < -0.4 is 4.74 Å². The summed E-state index contributed by atoms with van der Waals surface area (Å²) in [4.78, 5) is 18.2. The maximum Gasteiger partial charge on any atom is 0.410 e. The molecule has 1 aliphatic rings. The summed E-state index contributed by atoms with van der Waals surface area (Å²) in [5.74, 6) is 1.11. The van der Waals surface area contributed by atoms with E-state index >= 15 is 0 Å². The number of benzene rings is 1. The standard InChI is InChI=1S/C21H26N2O3/c1-21(2,3)26-20(24)23(4)14-16-10-12-25-19-17(8-5-9-18(16)19)15-7-6-11-22-13-15/h5-9,11,13,16H,10,12,14H2,1-4H3/t16-/m0/s1. The SMILES string of the molecule is CN(C[C@@H]1CCOc2c(-c3cccnc3)cccc21)C(=O)OC(C)(C)C. The molecule has 2 aromatic rings. The van der Waals surface area contributed by atoms with Gasteiger partial charge in [-0.2, -0.15) is 0 Å². The molecule has 0 saturated heterocycles. The highest BCUT2D eigenvalue weighted by molar-refractivity contribution is 5.72. The van der Waals surface area contributed by atoms with Crippen LogP contribution in [0, 0.1) is 0 Å². The molecule has 1 aromatic carbocycles. The van der Waals surface area contributed by atoms with E-state index < -0.39 is 5.60 Å². The van der Waals surface area contributed by atoms with E-state index in [0.717, 1.165) is 28.9 Å². The van der Waals surface area contributed by atoms with Gasteiger partial charge in [0.25, 0.3) is 0 Å². The minimum Gasteiger partial charge on any atom is -0.493 e. The van der Waals surface area contributed by atoms with Crippen molar-refractivity contribution in [3.05, 3.63) is 48.3 Å². The third-order valence-corrected chi connectivity index (χ3v) is 4.37. The second-order valence-electron chi connectivity index (χ2n) is 7.66. The number of aromatic nitrogens is 1. The predicted octanol–water partition coefficient (Wildman–Crippen LogP) is 4.48. The Bertz CT molecular complexity index is 769. The van der Waals surface area contributed by atoms with Crippen molar-refractivity contribution in [3.8, 4) is 16.9 Å². The van der Waals surface area contributed by atoms with Crippen LogP contribution >= 0.6 is 0 Å². The largest absolute Gasteiger partial charge is 0.493 e. The number of rotatable bonds is 3. The van der Waals surface area contributed by atoms with Crippen LogP contribution in [0.1, 0.15) is 38.7 Å². The molecule has 1 atom stereocenters. The molecule has 3 rings (SSSR count). The Morgan fingerprint density at radius 2 is 2.12 bits per heavy atom. The van der Waals surface area contributed by atoms with Gasteiger partial charge in [0.05, 0.1) is 6.61 Å². The van der Waals surface area contributed by atoms with E-state index in [1.165, 1.54) is 0 Å². The van der Waals surface area contributed by atoms with Crippen molar-refractivity contribution in [1.29, 1.82) is 0 Å². The third-order valence-electron chi connectivity index (χ3n) is 4.37. The summed E-state index contributed by atoms with van der Waals surface area (Å²) in [5, 5.41) is 0. The second-order valence-corrected chi connectivity index (χ2v) is 7.66. The summed E-state index contributed by atoms with van der Waals surface area (Å²) in [5.41, 5.74) is 2.71. The number of likely N-dealkylation sites (N-methyl/N-ethyl adjacent to an activating group) is 1. The molecule has 138 valence electrons. The summed E-state index contributed by atoms with van der Waals surface area (Å²) in [6.45, 7) is 6.87. The first-order chi connectivity index (χ1) is 12.3. The topological polar surface area (TPSA) is 51.7 Å². The van der Waals surface area contributed by atoms with Crippen LogP contribution in [0.15, 0.2) is 42.7 Å². The molecule has 1 aliphatic heterocycles. The van der Waals surface area contributed by atoms with Crippen LogP contribution in [0.25, 0.3) is 11.1 Å². The van der Waals surface area contributed by atoms with Crippen LogP contribution in [0.3, 0.4) is 0 Å². The highest BCUT2D eigenvalue weighted by Gasteiger charge is 2.28. The Balaban J connectivity index is 1.83. The highest BCUT2D eigenvalue weighted by Crippen LogP contribution is 2.41. The number of fused-ring (bicyclic) bond motifs is 1. The van der Waals surface area contributed by atoms with Gasteiger partial charge in [0.1, 0.15) is 11.4 Å². The maximum absolute atomic E-state index is 12.3. The minimum atomic E-state index is -0.494. The average Bonchev–Trinajstić information content (AvgIpc) is 2.61. The quantitative estimate of drug-likeness (QED) is 0.815. The number of hydrogen-bond donors (Lipinski definition) is 0. The molecule has 26 heavy (non-hydrogen) atoms. The van der Waals surface area contributed by atoms with Gasteiger partial charge in [0, 0.05) is 43.0 Å². The third kappa shape index (κ3) is 4.15. The molecule has 2 heterocycles. The number of nitrogens with zero attached hydrogens (tertiary/aromatic N) is 2. The number of carbonyl (C=O) groups is 1. The van der Waals surface area contributed by atoms with Gasteiger partial charge in [-0.3, -0.25) is 4.98 Å². The van der Waals surface area contributed by atoms with Crippen molar-refractivity contribution in [2.24, 2.45) is 0 Å². The zero-order chi connectivity index (χ0) is 18.7. The van der Waals surface area contributed by atoms with Gasteiger partial charge < -0.3 is 14.4 Å². The number of amides is 1. The molecular weight excluding hydrogens is 328 g/mol. The molecule has 0 saturated carbocycles. The van der Waals surface area contributed by atoms with Crippen molar-refractivity contribution in [2.45, 2.75) is 38.7 Å². The zero-order valence-electron chi connectivity index (χ0n) is 15.9. The summed E-state index contributed by atoms with van der Waals surface area (Å²) >= 11 is 0. The lowest BCUT2D eigenvalue weighted by atomic mass is 9.89. The average molecular weight is 354 g/mol. The first kappa shape index (κ1) is 18.2. The molecule has 0 bridgehead atoms. The second kappa shape index (κ2) is 7.36. The van der Waals surface area contributed by atoms with Crippen LogP contribution in [0.5, 0.6) is 5.75 Å². The summed E-state index contributed by atoms with van der Waals surface area (Å²) in [6.07, 6.45) is 4.18. The first-order valence-electron chi connectivity index (χ1n) is 8.95. The van der Waals surface area contributed by atoms with Crippen molar-refractivity contribution >= 4 is 6.09 Å². The van der Waals surface area contributed by atoms with Gasteiger partial charge >= 0.3 is 6.09 Å². The molecule has 0 N–H and O–H groups in total. The van der Waals surface area contributed by atoms with Gasteiger partial charge in [-0.15, -0.1) is 0 Å². The Hall–Kier alpha value is -2.56. The summed E-state index contributed by atoms with van der Waals surface area (Å²) < 4.78 is 11.5. The summed E-state index contributed by atoms with van der Waals surface area (Å²) in [6, 6.07) is 10.1. The molecule has 5 nitrogen and oxygen atoms in total. The fourth-order valence-electron chi connectivity index (χ4n) is 3.18. The van der Waals surface area contributed by atoms with E-state index in [1.54, 1.807) is 18.1 Å². The van der Waals surface area contributed by atoms with Gasteiger partial charge in [-0.25, -0.2) is 4.79 Å². The van der Waals surface area contributed by atoms with Crippen LogP contribution in [0.2, 0.25) is 0 Å². The fourth-order valence-corrected chi connectivity index (χ4v) is 3.18. The van der Waals surface area contributed by atoms with E-state index in [9.17, 15) is 4.79 Å². The van der Waals surface area contributed by atoms with Crippen LogP contribution in [0.4, 0.5) is 4.79 Å². The molecule has 0 spiro atoms. The van der Waals surface area contributed by atoms with Crippen molar-refractivity contribution in [1.82, 2.24) is 9.88 Å². The smallest absolute Gasteiger partial charge is 0.410 e. The van der Waals surface area contributed by atoms with E-state index in [1.807, 2.05) is 45.2 Å². The van der Waals surface area contributed by atoms with Crippen molar-refractivity contribution in [2.75, 3.05) is 20.2 Å². The van der Waals surface area contributed by atoms with Gasteiger partial charge in [0.2, 0.25) is 0 Å². The van der Waals surface area contributed by atoms with E-state index in [2.05, 4.69) is 17.1 Å². The minimum absolute atomic E-state index is 0.216. The Morgan fingerprint density at radius 1 is 1.31 bits per heavy atom. The lowest BCUT2D eigenvalue weighted by molar-refractivity contribution is 0.0281. The van der Waals surface area contributed by atoms with Gasteiger partial charge in [-0.05, 0) is 38.8 Å². The van der Waals surface area contributed by atoms with Crippen molar-refractivity contribution in [3.63, 3.8) is 0 Å². The van der Waals surface area contributed by atoms with E-state index in [4.69, 9.17) is 9.47 Å². The number of ether oxygens (including phenoxy) is 2. The van der Waals surface area contributed by atoms with Crippen LogP contribution in [-0.2, 0) is 4.74 Å². The van der Waals surface area contributed by atoms with E-state index in [0.29, 0.717) is 13.2 Å². The number of carbonyl (C=O) groups excluding carboxylic acids is 1. The Labute approximate surface area is 155 Å². The predicted molar refractivity (Wildman–Crippen MR) is 101 cm³/mol. The highest BCUT2D eigenvalue weighted by atomic mass is 16.6. The molecular formula is C21H26N2O3. The number of pyridine rings is 1. The summed E-state index contributed by atoms with van der Waals surface area (Å²) in [7, 11) is 1.79. The Morgan fingerprint density at radius 3 is 2.81 bits per heavy atom. The van der Waals surface area contributed by atoms with Gasteiger partial charge in [0.15, 0.2) is 0 Å². The normalized spacial score (nSPS) is 16.4. The molecule has 0 unspecified atom stereocenters. The lowest BCUT2D eigenvalue weighted by Crippen LogP contribution is -2.37. The monoisotopic (exact) mass is 354 g/mol. The maximum atomic E-state index is 12.3. The molecule has 0 radical (unpaired) electrons. The van der Waals surface area contributed by atoms with Crippen LogP contribution in [-0.4, -0.2) is 41.8 Å².